The summed E-state index contributed by atoms with van der Waals surface area (Å²) in [5.74, 6) is 1.60. The van der Waals surface area contributed by atoms with Crippen molar-refractivity contribution in [3.8, 4) is 0 Å². The molecule has 0 atom stereocenters. The quantitative estimate of drug-likeness (QED) is 0.734. The Kier molecular flexibility index (Phi) is 6.78. The summed E-state index contributed by atoms with van der Waals surface area (Å²) in [4.78, 5) is 19.7. The van der Waals surface area contributed by atoms with E-state index < -0.39 is 0 Å². The summed E-state index contributed by atoms with van der Waals surface area (Å²) in [5, 5.41) is 8.06. The standard InChI is InChI=1S/C14H17BrN4O2.C3H8O/c1-8(20)21-10-4-2-9(3-5-10)14-18-12(15)11-13(16)17-6-7-19(11)14;1-3(2)4/h6-7,9-10H,2-5H2,1H3,(H2,16,17);3-4H,1-2H3. The van der Waals surface area contributed by atoms with Gasteiger partial charge < -0.3 is 15.6 Å². The molecule has 8 heteroatoms. The summed E-state index contributed by atoms with van der Waals surface area (Å²) in [6, 6.07) is 0. The molecule has 0 amide bonds. The molecule has 2 aromatic heterocycles. The highest BCUT2D eigenvalue weighted by Crippen LogP contribution is 2.36. The second kappa shape index (κ2) is 8.62. The molecular formula is C17H25BrN4O3. The summed E-state index contributed by atoms with van der Waals surface area (Å²) in [6.07, 6.45) is 7.09. The Labute approximate surface area is 155 Å². The number of nitrogens with zero attached hydrogens (tertiary/aromatic N) is 3. The van der Waals surface area contributed by atoms with Crippen LogP contribution < -0.4 is 5.73 Å². The number of esters is 1. The molecule has 3 rings (SSSR count). The van der Waals surface area contributed by atoms with Crippen LogP contribution in [-0.2, 0) is 9.53 Å². The summed E-state index contributed by atoms with van der Waals surface area (Å²) in [5.41, 5.74) is 6.73. The van der Waals surface area contributed by atoms with E-state index in [1.54, 1.807) is 20.0 Å². The molecule has 1 aliphatic rings. The molecule has 0 aliphatic heterocycles. The number of aliphatic hydroxyl groups excluding tert-OH is 1. The number of hydrogen-bond donors (Lipinski definition) is 2. The van der Waals surface area contributed by atoms with Crippen molar-refractivity contribution >= 4 is 33.2 Å². The monoisotopic (exact) mass is 412 g/mol. The second-order valence-corrected chi connectivity index (χ2v) is 7.22. The molecule has 138 valence electrons. The number of hydrogen-bond acceptors (Lipinski definition) is 6. The number of aliphatic hydroxyl groups is 1. The van der Waals surface area contributed by atoms with Crippen LogP contribution in [0.5, 0.6) is 0 Å². The number of nitrogens with two attached hydrogens (primary N) is 1. The SMILES string of the molecule is CC(=O)OC1CCC(c2nc(Br)c3c(N)nccn23)CC1.CC(C)O. The zero-order valence-corrected chi connectivity index (χ0v) is 16.4. The van der Waals surface area contributed by atoms with Crippen molar-refractivity contribution in [3.05, 3.63) is 22.8 Å². The fourth-order valence-electron chi connectivity index (χ4n) is 3.00. The number of carbonyl (C=O) groups excluding carboxylic acids is 1. The highest BCUT2D eigenvalue weighted by Gasteiger charge is 2.28. The number of anilines is 1. The highest BCUT2D eigenvalue weighted by atomic mass is 79.9. The van der Waals surface area contributed by atoms with Gasteiger partial charge in [0.2, 0.25) is 0 Å². The minimum atomic E-state index is -0.202. The number of aromatic nitrogens is 3. The molecule has 1 saturated carbocycles. The van der Waals surface area contributed by atoms with Crippen LogP contribution in [0.1, 0.15) is 58.2 Å². The fraction of sp³-hybridized carbons (Fsp3) is 0.588. The molecule has 2 aromatic rings. The third-order valence-corrected chi connectivity index (χ3v) is 4.49. The lowest BCUT2D eigenvalue weighted by Gasteiger charge is -2.27. The number of fused-ring (bicyclic) bond motifs is 1. The predicted molar refractivity (Wildman–Crippen MR) is 99.2 cm³/mol. The van der Waals surface area contributed by atoms with Crippen molar-refractivity contribution in [2.75, 3.05) is 5.73 Å². The lowest BCUT2D eigenvalue weighted by Crippen LogP contribution is -2.23. The van der Waals surface area contributed by atoms with Crippen LogP contribution in [0.25, 0.3) is 5.52 Å². The first kappa shape index (κ1) is 19.7. The maximum absolute atomic E-state index is 11.0. The van der Waals surface area contributed by atoms with Gasteiger partial charge in [-0.2, -0.15) is 0 Å². The van der Waals surface area contributed by atoms with Gasteiger partial charge in [-0.1, -0.05) is 0 Å². The molecule has 0 bridgehead atoms. The summed E-state index contributed by atoms with van der Waals surface area (Å²) in [6.45, 7) is 4.90. The molecule has 0 aromatic carbocycles. The van der Waals surface area contributed by atoms with Gasteiger partial charge in [-0.05, 0) is 55.5 Å². The van der Waals surface area contributed by atoms with Gasteiger partial charge in [-0.25, -0.2) is 9.97 Å². The number of rotatable bonds is 2. The Bertz CT molecular complexity index is 721. The minimum Gasteiger partial charge on any atom is -0.463 e. The van der Waals surface area contributed by atoms with E-state index in [0.29, 0.717) is 11.7 Å². The fourth-order valence-corrected chi connectivity index (χ4v) is 3.58. The van der Waals surface area contributed by atoms with E-state index in [1.807, 2.05) is 10.6 Å². The molecule has 3 N–H and O–H groups in total. The van der Waals surface area contributed by atoms with Gasteiger partial charge in [-0.15, -0.1) is 0 Å². The topological polar surface area (TPSA) is 103 Å². The Morgan fingerprint density at radius 2 is 2.00 bits per heavy atom. The van der Waals surface area contributed by atoms with Crippen molar-refractivity contribution in [2.24, 2.45) is 0 Å². The molecule has 7 nitrogen and oxygen atoms in total. The second-order valence-electron chi connectivity index (χ2n) is 6.47. The van der Waals surface area contributed by atoms with Gasteiger partial charge in [-0.3, -0.25) is 9.20 Å². The van der Waals surface area contributed by atoms with Crippen LogP contribution in [0.3, 0.4) is 0 Å². The Hall–Kier alpha value is -1.67. The first-order chi connectivity index (χ1) is 11.8. The van der Waals surface area contributed by atoms with Crippen LogP contribution in [0, 0.1) is 0 Å². The van der Waals surface area contributed by atoms with Crippen molar-refractivity contribution in [1.29, 1.82) is 0 Å². The Morgan fingerprint density at radius 3 is 2.56 bits per heavy atom. The van der Waals surface area contributed by atoms with Gasteiger partial charge in [0.25, 0.3) is 0 Å². The van der Waals surface area contributed by atoms with Crippen molar-refractivity contribution < 1.29 is 14.6 Å². The van der Waals surface area contributed by atoms with E-state index in [-0.39, 0.29) is 18.2 Å². The number of carbonyl (C=O) groups is 1. The lowest BCUT2D eigenvalue weighted by molar-refractivity contribution is -0.147. The van der Waals surface area contributed by atoms with E-state index in [9.17, 15) is 4.79 Å². The first-order valence-corrected chi connectivity index (χ1v) is 9.22. The third kappa shape index (κ3) is 5.15. The normalized spacial score (nSPS) is 20.2. The van der Waals surface area contributed by atoms with Gasteiger partial charge in [0, 0.05) is 31.3 Å². The molecule has 1 fully saturated rings. The van der Waals surface area contributed by atoms with E-state index in [1.165, 1.54) is 6.92 Å². The van der Waals surface area contributed by atoms with E-state index in [4.69, 9.17) is 15.6 Å². The molecule has 25 heavy (non-hydrogen) atoms. The Balaban J connectivity index is 0.000000511. The van der Waals surface area contributed by atoms with Crippen LogP contribution >= 0.6 is 15.9 Å². The number of ether oxygens (including phenoxy) is 1. The summed E-state index contributed by atoms with van der Waals surface area (Å²) >= 11 is 3.46. The highest BCUT2D eigenvalue weighted by molar-refractivity contribution is 9.10. The van der Waals surface area contributed by atoms with Gasteiger partial charge in [0.1, 0.15) is 22.0 Å². The minimum absolute atomic E-state index is 0.0418. The maximum atomic E-state index is 11.0. The third-order valence-electron chi connectivity index (χ3n) is 3.94. The van der Waals surface area contributed by atoms with E-state index in [2.05, 4.69) is 25.9 Å². The number of imidazole rings is 1. The largest absolute Gasteiger partial charge is 0.463 e. The van der Waals surface area contributed by atoms with E-state index >= 15 is 0 Å². The van der Waals surface area contributed by atoms with Crippen LogP contribution in [0.15, 0.2) is 17.0 Å². The molecular weight excluding hydrogens is 388 g/mol. The molecule has 2 heterocycles. The van der Waals surface area contributed by atoms with Crippen molar-refractivity contribution in [3.63, 3.8) is 0 Å². The first-order valence-electron chi connectivity index (χ1n) is 8.42. The van der Waals surface area contributed by atoms with Crippen LogP contribution in [-0.4, -0.2) is 37.7 Å². The molecule has 0 radical (unpaired) electrons. The zero-order chi connectivity index (χ0) is 18.6. The number of halogens is 1. The van der Waals surface area contributed by atoms with Crippen LogP contribution in [0.2, 0.25) is 0 Å². The predicted octanol–water partition coefficient (Wildman–Crippen LogP) is 3.05. The van der Waals surface area contributed by atoms with Crippen molar-refractivity contribution in [2.45, 2.75) is 64.6 Å². The molecule has 1 aliphatic carbocycles. The molecule has 0 unspecified atom stereocenters. The zero-order valence-electron chi connectivity index (χ0n) is 14.8. The van der Waals surface area contributed by atoms with E-state index in [0.717, 1.165) is 41.6 Å². The lowest BCUT2D eigenvalue weighted by atomic mass is 9.87. The van der Waals surface area contributed by atoms with Gasteiger partial charge in [0.05, 0.1) is 0 Å². The van der Waals surface area contributed by atoms with Crippen molar-refractivity contribution in [1.82, 2.24) is 14.4 Å². The number of nitrogen functional groups attached to an aromatic ring is 1. The molecule has 0 saturated heterocycles. The Morgan fingerprint density at radius 1 is 1.40 bits per heavy atom. The average Bonchev–Trinajstić information content (AvgIpc) is 2.85. The summed E-state index contributed by atoms with van der Waals surface area (Å²) in [7, 11) is 0. The molecule has 0 spiro atoms. The van der Waals surface area contributed by atoms with Crippen LogP contribution in [0.4, 0.5) is 5.82 Å². The van der Waals surface area contributed by atoms with Gasteiger partial charge >= 0.3 is 5.97 Å². The maximum Gasteiger partial charge on any atom is 0.302 e. The summed E-state index contributed by atoms with van der Waals surface area (Å²) < 4.78 is 8.01. The average molecular weight is 413 g/mol. The smallest absolute Gasteiger partial charge is 0.302 e. The van der Waals surface area contributed by atoms with Gasteiger partial charge in [0.15, 0.2) is 5.82 Å².